The molecule has 138 valence electrons. The quantitative estimate of drug-likeness (QED) is 0.716. The summed E-state index contributed by atoms with van der Waals surface area (Å²) in [5, 5.41) is 5.71. The van der Waals surface area contributed by atoms with Crippen molar-refractivity contribution in [3.8, 4) is 0 Å². The van der Waals surface area contributed by atoms with Crippen LogP contribution in [0.25, 0.3) is 0 Å². The number of rotatable bonds is 8. The minimum Gasteiger partial charge on any atom is -0.326 e. The lowest BCUT2D eigenvalue weighted by Crippen LogP contribution is -2.22. The van der Waals surface area contributed by atoms with E-state index in [9.17, 15) is 9.59 Å². The molecule has 0 fully saturated rings. The number of pyridine rings is 1. The Morgan fingerprint density at radius 2 is 1.92 bits per heavy atom. The van der Waals surface area contributed by atoms with Crippen LogP contribution in [0.1, 0.15) is 55.5 Å². The van der Waals surface area contributed by atoms with Gasteiger partial charge in [0, 0.05) is 23.4 Å². The first-order chi connectivity index (χ1) is 12.5. The smallest absolute Gasteiger partial charge is 0.256 e. The Morgan fingerprint density at radius 3 is 2.62 bits per heavy atom. The summed E-state index contributed by atoms with van der Waals surface area (Å²) in [5.41, 5.74) is 2.14. The van der Waals surface area contributed by atoms with Crippen molar-refractivity contribution in [2.45, 2.75) is 46.5 Å². The molecule has 0 aliphatic carbocycles. The van der Waals surface area contributed by atoms with Gasteiger partial charge in [0.15, 0.2) is 0 Å². The molecule has 0 aliphatic rings. The Kier molecular flexibility index (Phi) is 7.33. The van der Waals surface area contributed by atoms with Gasteiger partial charge in [-0.05, 0) is 55.7 Å². The molecule has 1 atom stereocenters. The molecule has 0 saturated heterocycles. The highest BCUT2D eigenvalue weighted by Gasteiger charge is 2.16. The molecule has 0 bridgehead atoms. The molecule has 1 aromatic carbocycles. The molecule has 2 aromatic rings. The number of benzene rings is 1. The van der Waals surface area contributed by atoms with E-state index >= 15 is 0 Å². The zero-order valence-corrected chi connectivity index (χ0v) is 15.7. The van der Waals surface area contributed by atoms with Gasteiger partial charge >= 0.3 is 0 Å². The SMILES string of the molecule is CCCC[C@@H](CC)C(=O)Nc1cccc(C(=O)Nc2cc(C)ccn2)c1. The summed E-state index contributed by atoms with van der Waals surface area (Å²) in [4.78, 5) is 29.0. The third-order valence-electron chi connectivity index (χ3n) is 4.32. The van der Waals surface area contributed by atoms with E-state index in [0.717, 1.165) is 31.2 Å². The Labute approximate surface area is 155 Å². The van der Waals surface area contributed by atoms with Crippen LogP contribution in [0.2, 0.25) is 0 Å². The molecule has 5 nitrogen and oxygen atoms in total. The van der Waals surface area contributed by atoms with Gasteiger partial charge in [-0.2, -0.15) is 0 Å². The topological polar surface area (TPSA) is 71.1 Å². The van der Waals surface area contributed by atoms with E-state index in [-0.39, 0.29) is 17.7 Å². The highest BCUT2D eigenvalue weighted by Crippen LogP contribution is 2.18. The van der Waals surface area contributed by atoms with Gasteiger partial charge in [0.25, 0.3) is 5.91 Å². The fraction of sp³-hybridized carbons (Fsp3) is 0.381. The number of nitrogens with zero attached hydrogens (tertiary/aromatic N) is 1. The van der Waals surface area contributed by atoms with Gasteiger partial charge in [-0.3, -0.25) is 9.59 Å². The number of nitrogens with one attached hydrogen (secondary N) is 2. The fourth-order valence-electron chi connectivity index (χ4n) is 2.75. The zero-order chi connectivity index (χ0) is 18.9. The molecule has 0 radical (unpaired) electrons. The molecule has 1 heterocycles. The zero-order valence-electron chi connectivity index (χ0n) is 15.7. The Morgan fingerprint density at radius 1 is 1.12 bits per heavy atom. The van der Waals surface area contributed by atoms with E-state index in [1.165, 1.54) is 0 Å². The number of aryl methyl sites for hydroxylation is 1. The molecule has 2 N–H and O–H groups in total. The maximum atomic E-state index is 12.4. The summed E-state index contributed by atoms with van der Waals surface area (Å²) in [7, 11) is 0. The van der Waals surface area contributed by atoms with E-state index in [4.69, 9.17) is 0 Å². The van der Waals surface area contributed by atoms with Crippen LogP contribution in [0.15, 0.2) is 42.6 Å². The van der Waals surface area contributed by atoms with Gasteiger partial charge in [0.1, 0.15) is 5.82 Å². The molecule has 0 saturated carbocycles. The second-order valence-electron chi connectivity index (χ2n) is 6.49. The molecule has 1 aromatic heterocycles. The fourth-order valence-corrected chi connectivity index (χ4v) is 2.75. The third-order valence-corrected chi connectivity index (χ3v) is 4.32. The highest BCUT2D eigenvalue weighted by atomic mass is 16.2. The van der Waals surface area contributed by atoms with E-state index < -0.39 is 0 Å². The van der Waals surface area contributed by atoms with Crippen molar-refractivity contribution in [1.29, 1.82) is 0 Å². The minimum atomic E-state index is -0.253. The van der Waals surface area contributed by atoms with Crippen molar-refractivity contribution in [1.82, 2.24) is 4.98 Å². The summed E-state index contributed by atoms with van der Waals surface area (Å²) in [6.45, 7) is 6.09. The molecule has 0 unspecified atom stereocenters. The molecule has 2 amide bonds. The first-order valence-corrected chi connectivity index (χ1v) is 9.18. The van der Waals surface area contributed by atoms with Crippen LogP contribution < -0.4 is 10.6 Å². The molecule has 5 heteroatoms. The lowest BCUT2D eigenvalue weighted by atomic mass is 9.98. The van der Waals surface area contributed by atoms with Crippen molar-refractivity contribution >= 4 is 23.3 Å². The Balaban J connectivity index is 2.04. The first kappa shape index (κ1) is 19.6. The van der Waals surface area contributed by atoms with Gasteiger partial charge in [0.05, 0.1) is 0 Å². The average molecular weight is 353 g/mol. The summed E-state index contributed by atoms with van der Waals surface area (Å²) in [6, 6.07) is 10.6. The number of carbonyl (C=O) groups excluding carboxylic acids is 2. The predicted octanol–water partition coefficient (Wildman–Crippen LogP) is 4.80. The largest absolute Gasteiger partial charge is 0.326 e. The molecular formula is C21H27N3O2. The van der Waals surface area contributed by atoms with Crippen molar-refractivity contribution in [3.63, 3.8) is 0 Å². The maximum Gasteiger partial charge on any atom is 0.256 e. The first-order valence-electron chi connectivity index (χ1n) is 9.18. The second kappa shape index (κ2) is 9.70. The maximum absolute atomic E-state index is 12.4. The number of anilines is 2. The van der Waals surface area contributed by atoms with Crippen molar-refractivity contribution in [2.24, 2.45) is 5.92 Å². The molecular weight excluding hydrogens is 326 g/mol. The Hall–Kier alpha value is -2.69. The van der Waals surface area contributed by atoms with Crippen LogP contribution in [0.4, 0.5) is 11.5 Å². The number of amides is 2. The summed E-state index contributed by atoms with van der Waals surface area (Å²) in [5.74, 6) is 0.273. The number of carbonyl (C=O) groups is 2. The van der Waals surface area contributed by atoms with Crippen LogP contribution in [-0.4, -0.2) is 16.8 Å². The van der Waals surface area contributed by atoms with Gasteiger partial charge in [0.2, 0.25) is 5.91 Å². The summed E-state index contributed by atoms with van der Waals surface area (Å²) < 4.78 is 0. The van der Waals surface area contributed by atoms with E-state index in [1.54, 1.807) is 30.5 Å². The Bertz CT molecular complexity index is 758. The van der Waals surface area contributed by atoms with Gasteiger partial charge in [-0.25, -0.2) is 4.98 Å². The standard InChI is InChI=1S/C21H27N3O2/c1-4-6-8-16(5-2)20(25)23-18-10-7-9-17(14-18)21(26)24-19-13-15(3)11-12-22-19/h7,9-14,16H,4-6,8H2,1-3H3,(H,23,25)(H,22,24,26)/t16-/m1/s1. The highest BCUT2D eigenvalue weighted by molar-refractivity contribution is 6.05. The van der Waals surface area contributed by atoms with E-state index in [1.807, 2.05) is 26.0 Å². The van der Waals surface area contributed by atoms with Crippen LogP contribution in [0.3, 0.4) is 0 Å². The average Bonchev–Trinajstić information content (AvgIpc) is 2.62. The molecule has 0 aliphatic heterocycles. The summed E-state index contributed by atoms with van der Waals surface area (Å²) in [6.07, 6.45) is 5.47. The third kappa shape index (κ3) is 5.69. The van der Waals surface area contributed by atoms with Gasteiger partial charge in [-0.15, -0.1) is 0 Å². The van der Waals surface area contributed by atoms with Gasteiger partial charge < -0.3 is 10.6 Å². The van der Waals surface area contributed by atoms with Crippen molar-refractivity contribution < 1.29 is 9.59 Å². The van der Waals surface area contributed by atoms with Crippen LogP contribution in [0.5, 0.6) is 0 Å². The number of aromatic nitrogens is 1. The monoisotopic (exact) mass is 353 g/mol. The lowest BCUT2D eigenvalue weighted by molar-refractivity contribution is -0.120. The lowest BCUT2D eigenvalue weighted by Gasteiger charge is -2.15. The minimum absolute atomic E-state index is 0.00364. The second-order valence-corrected chi connectivity index (χ2v) is 6.49. The van der Waals surface area contributed by atoms with E-state index in [0.29, 0.717) is 17.1 Å². The predicted molar refractivity (Wildman–Crippen MR) is 105 cm³/mol. The summed E-state index contributed by atoms with van der Waals surface area (Å²) >= 11 is 0. The number of unbranched alkanes of at least 4 members (excludes halogenated alkanes) is 1. The normalized spacial score (nSPS) is 11.7. The number of hydrogen-bond donors (Lipinski definition) is 2. The van der Waals surface area contributed by atoms with Crippen LogP contribution >= 0.6 is 0 Å². The molecule has 26 heavy (non-hydrogen) atoms. The van der Waals surface area contributed by atoms with Gasteiger partial charge in [-0.1, -0.05) is 32.8 Å². The van der Waals surface area contributed by atoms with Crippen LogP contribution in [-0.2, 0) is 4.79 Å². The molecule has 0 spiro atoms. The van der Waals surface area contributed by atoms with Crippen molar-refractivity contribution in [2.75, 3.05) is 10.6 Å². The number of hydrogen-bond acceptors (Lipinski definition) is 3. The van der Waals surface area contributed by atoms with Crippen LogP contribution in [0, 0.1) is 12.8 Å². The van der Waals surface area contributed by atoms with Crippen molar-refractivity contribution in [3.05, 3.63) is 53.7 Å². The molecule has 2 rings (SSSR count). The van der Waals surface area contributed by atoms with E-state index in [2.05, 4.69) is 22.5 Å².